The summed E-state index contributed by atoms with van der Waals surface area (Å²) in [6.45, 7) is 2.49. The van der Waals surface area contributed by atoms with Gasteiger partial charge in [0.15, 0.2) is 5.69 Å². The van der Waals surface area contributed by atoms with Gasteiger partial charge in [0.2, 0.25) is 10.0 Å². The van der Waals surface area contributed by atoms with Gasteiger partial charge in [-0.3, -0.25) is 4.79 Å². The Kier molecular flexibility index (Phi) is 4.74. The second-order valence-corrected chi connectivity index (χ2v) is 5.35. The van der Waals surface area contributed by atoms with Crippen molar-refractivity contribution in [3.05, 3.63) is 36.7 Å². The molecule has 1 rings (SSSR count). The summed E-state index contributed by atoms with van der Waals surface area (Å²) in [7, 11) is -4.10. The number of carboxylic acids is 1. The predicted molar refractivity (Wildman–Crippen MR) is 65.5 cm³/mol. The van der Waals surface area contributed by atoms with Crippen molar-refractivity contribution in [1.82, 2.24) is 9.29 Å². The zero-order valence-electron chi connectivity index (χ0n) is 9.85. The molecule has 0 fully saturated rings. The number of carboxylic acid groups (broad SMARTS) is 1. The van der Waals surface area contributed by atoms with Crippen LogP contribution in [0.1, 0.15) is 5.69 Å². The van der Waals surface area contributed by atoms with Gasteiger partial charge < -0.3 is 5.11 Å². The average molecular weight is 281 g/mol. The summed E-state index contributed by atoms with van der Waals surface area (Å²) in [4.78, 5) is 14.0. The summed E-state index contributed by atoms with van der Waals surface area (Å²) < 4.78 is 25.2. The smallest absolute Gasteiger partial charge is 0.318 e. The Morgan fingerprint density at radius 2 is 2.32 bits per heavy atom. The van der Waals surface area contributed by atoms with Gasteiger partial charge in [0.25, 0.3) is 0 Å². The number of pyridine rings is 1. The van der Waals surface area contributed by atoms with Gasteiger partial charge in [-0.1, -0.05) is 6.08 Å². The second-order valence-electron chi connectivity index (χ2n) is 3.44. The topological polar surface area (TPSA) is 111 Å². The molecular formula is C11H11N3O4S. The highest BCUT2D eigenvalue weighted by molar-refractivity contribution is 7.89. The minimum absolute atomic E-state index is 0.172. The van der Waals surface area contributed by atoms with E-state index in [2.05, 4.69) is 11.6 Å². The largest absolute Gasteiger partial charge is 0.480 e. The SMILES string of the molecule is C=CCN(CC(=O)O)S(=O)(=O)c1cccnc1C#N. The molecule has 0 aromatic carbocycles. The molecule has 100 valence electrons. The monoisotopic (exact) mass is 281 g/mol. The number of carbonyl (C=O) groups is 1. The first-order chi connectivity index (χ1) is 8.93. The van der Waals surface area contributed by atoms with Gasteiger partial charge in [0, 0.05) is 12.7 Å². The Balaban J connectivity index is 3.31. The van der Waals surface area contributed by atoms with Crippen LogP contribution in [0.25, 0.3) is 0 Å². The van der Waals surface area contributed by atoms with Crippen LogP contribution in [0.2, 0.25) is 0 Å². The van der Waals surface area contributed by atoms with E-state index in [1.54, 1.807) is 6.07 Å². The van der Waals surface area contributed by atoms with Crippen LogP contribution in [0.15, 0.2) is 35.9 Å². The third kappa shape index (κ3) is 3.37. The van der Waals surface area contributed by atoms with Gasteiger partial charge in [0.1, 0.15) is 17.5 Å². The van der Waals surface area contributed by atoms with Crippen molar-refractivity contribution in [3.8, 4) is 6.07 Å². The summed E-state index contributed by atoms with van der Waals surface area (Å²) in [5, 5.41) is 17.6. The fourth-order valence-corrected chi connectivity index (χ4v) is 2.82. The second kappa shape index (κ2) is 6.08. The Morgan fingerprint density at radius 3 is 2.84 bits per heavy atom. The van der Waals surface area contributed by atoms with Crippen molar-refractivity contribution < 1.29 is 18.3 Å². The van der Waals surface area contributed by atoms with Crippen molar-refractivity contribution in [2.45, 2.75) is 4.90 Å². The third-order valence-electron chi connectivity index (χ3n) is 2.14. The molecule has 1 N–H and O–H groups in total. The molecule has 0 aliphatic heterocycles. The maximum atomic E-state index is 12.3. The summed E-state index contributed by atoms with van der Waals surface area (Å²) in [6.07, 6.45) is 2.55. The van der Waals surface area contributed by atoms with Gasteiger partial charge in [-0.05, 0) is 12.1 Å². The van der Waals surface area contributed by atoms with E-state index in [-0.39, 0.29) is 17.1 Å². The predicted octanol–water partition coefficient (Wildman–Crippen LogP) is 0.215. The Bertz CT molecular complexity index is 634. The molecular weight excluding hydrogens is 270 g/mol. The molecule has 0 bridgehead atoms. The first-order valence-electron chi connectivity index (χ1n) is 5.11. The molecule has 0 unspecified atom stereocenters. The van der Waals surface area contributed by atoms with Gasteiger partial charge in [-0.25, -0.2) is 13.4 Å². The molecule has 1 aromatic rings. The molecule has 0 aliphatic carbocycles. The van der Waals surface area contributed by atoms with Crippen LogP contribution in [-0.4, -0.2) is 41.9 Å². The van der Waals surface area contributed by atoms with E-state index in [4.69, 9.17) is 10.4 Å². The highest BCUT2D eigenvalue weighted by Gasteiger charge is 2.28. The quantitative estimate of drug-likeness (QED) is 0.746. The first-order valence-corrected chi connectivity index (χ1v) is 6.55. The highest BCUT2D eigenvalue weighted by Crippen LogP contribution is 2.17. The molecule has 0 radical (unpaired) electrons. The number of hydrogen-bond acceptors (Lipinski definition) is 5. The van der Waals surface area contributed by atoms with Crippen LogP contribution in [0.3, 0.4) is 0 Å². The molecule has 0 atom stereocenters. The molecule has 1 heterocycles. The maximum absolute atomic E-state index is 12.3. The zero-order chi connectivity index (χ0) is 14.5. The molecule has 19 heavy (non-hydrogen) atoms. The number of aliphatic carboxylic acids is 1. The molecule has 0 saturated heterocycles. The van der Waals surface area contributed by atoms with Crippen molar-refractivity contribution in [2.75, 3.05) is 13.1 Å². The maximum Gasteiger partial charge on any atom is 0.318 e. The molecule has 0 aliphatic rings. The lowest BCUT2D eigenvalue weighted by atomic mass is 10.4. The van der Waals surface area contributed by atoms with Crippen LogP contribution in [0, 0.1) is 11.3 Å². The van der Waals surface area contributed by atoms with Crippen molar-refractivity contribution in [1.29, 1.82) is 5.26 Å². The first kappa shape index (κ1) is 14.8. The Morgan fingerprint density at radius 1 is 1.63 bits per heavy atom. The zero-order valence-corrected chi connectivity index (χ0v) is 10.7. The lowest BCUT2D eigenvalue weighted by Crippen LogP contribution is -2.36. The van der Waals surface area contributed by atoms with Crippen molar-refractivity contribution in [3.63, 3.8) is 0 Å². The molecule has 0 amide bonds. The molecule has 0 saturated carbocycles. The fourth-order valence-electron chi connectivity index (χ4n) is 1.36. The number of nitrogens with zero attached hydrogens (tertiary/aromatic N) is 3. The Labute approximate surface area is 110 Å². The number of aromatic nitrogens is 1. The van der Waals surface area contributed by atoms with E-state index in [1.165, 1.54) is 24.4 Å². The lowest BCUT2D eigenvalue weighted by molar-refractivity contribution is -0.137. The summed E-state index contributed by atoms with van der Waals surface area (Å²) in [6, 6.07) is 4.23. The number of nitriles is 1. The highest BCUT2D eigenvalue weighted by atomic mass is 32.2. The standard InChI is InChI=1S/C11H11N3O4S/c1-2-6-14(8-11(15)16)19(17,18)10-4-3-5-13-9(10)7-12/h2-5H,1,6,8H2,(H,15,16). The van der Waals surface area contributed by atoms with Gasteiger partial charge in [-0.15, -0.1) is 6.58 Å². The molecule has 7 nitrogen and oxygen atoms in total. The van der Waals surface area contributed by atoms with Crippen molar-refractivity contribution >= 4 is 16.0 Å². The average Bonchev–Trinajstić information content (AvgIpc) is 2.37. The van der Waals surface area contributed by atoms with E-state index in [0.717, 1.165) is 0 Å². The van der Waals surface area contributed by atoms with E-state index in [0.29, 0.717) is 4.31 Å². The minimum Gasteiger partial charge on any atom is -0.480 e. The van der Waals surface area contributed by atoms with Crippen molar-refractivity contribution in [2.24, 2.45) is 0 Å². The van der Waals surface area contributed by atoms with Crippen LogP contribution >= 0.6 is 0 Å². The number of hydrogen-bond donors (Lipinski definition) is 1. The van der Waals surface area contributed by atoms with Crippen LogP contribution in [0.5, 0.6) is 0 Å². The van der Waals surface area contributed by atoms with E-state index in [9.17, 15) is 13.2 Å². The fraction of sp³-hybridized carbons (Fsp3) is 0.182. The molecule has 8 heteroatoms. The third-order valence-corrected chi connectivity index (χ3v) is 3.98. The molecule has 0 spiro atoms. The minimum atomic E-state index is -4.10. The van der Waals surface area contributed by atoms with E-state index < -0.39 is 22.5 Å². The van der Waals surface area contributed by atoms with Gasteiger partial charge in [0.05, 0.1) is 0 Å². The van der Waals surface area contributed by atoms with Gasteiger partial charge >= 0.3 is 5.97 Å². The van der Waals surface area contributed by atoms with E-state index >= 15 is 0 Å². The molecule has 1 aromatic heterocycles. The summed E-state index contributed by atoms with van der Waals surface area (Å²) in [5.41, 5.74) is -0.276. The van der Waals surface area contributed by atoms with Crippen LogP contribution in [-0.2, 0) is 14.8 Å². The summed E-state index contributed by atoms with van der Waals surface area (Å²) >= 11 is 0. The lowest BCUT2D eigenvalue weighted by Gasteiger charge is -2.18. The van der Waals surface area contributed by atoms with Crippen LogP contribution < -0.4 is 0 Å². The number of rotatable bonds is 6. The van der Waals surface area contributed by atoms with E-state index in [1.807, 2.05) is 0 Å². The van der Waals surface area contributed by atoms with Crippen LogP contribution in [0.4, 0.5) is 0 Å². The Hall–Kier alpha value is -2.24. The summed E-state index contributed by atoms with van der Waals surface area (Å²) in [5.74, 6) is -1.30. The normalized spacial score (nSPS) is 10.9. The van der Waals surface area contributed by atoms with Gasteiger partial charge in [-0.2, -0.15) is 9.57 Å². The number of sulfonamides is 1.